The standard InChI is InChI=1S/C37H61N7O28P6/c1-27-25-44(29(3)39-37(27)47)35-24-32(45)33(67-35)26-66-74(50,51)69-76(54,55)71-78(58,59)72-77(56,57)70-75(52,53)68-73(48,49)65-14-7-5-4-6-13-38-34(46)12-15-60-16-17-61-18-19-62-20-21-63-22-23-64-31-10-8-30(9-11-31)36-42-40-28(2)41-43-36/h8-11,25,32-33,35,45H,3-7,12-24,26H2,1-2H3,(H,38,46)(H,39,47)(H,48,49)(H,50,51)(H,52,53)(H,54,55)(H,56,57)(H,58,59)/t32-,33-,35-/m1/s1. The number of aromatic nitrogens is 4. The molecule has 0 saturated carbocycles. The van der Waals surface area contributed by atoms with Crippen molar-refractivity contribution in [3.8, 4) is 17.1 Å². The smallest absolute Gasteiger partial charge is 0.490 e. The van der Waals surface area contributed by atoms with Gasteiger partial charge >= 0.3 is 46.9 Å². The first-order valence-corrected chi connectivity index (χ1v) is 32.0. The Labute approximate surface area is 445 Å². The van der Waals surface area contributed by atoms with Gasteiger partial charge in [-0.15, -0.1) is 20.4 Å². The Hall–Kier alpha value is -3.20. The van der Waals surface area contributed by atoms with E-state index in [9.17, 15) is 71.4 Å². The number of aliphatic hydroxyl groups is 1. The molecule has 6 unspecified atom stereocenters. The van der Waals surface area contributed by atoms with Gasteiger partial charge in [-0.2, -0.15) is 21.6 Å². The maximum Gasteiger partial charge on any atom is 0.490 e. The molecule has 0 aliphatic carbocycles. The second kappa shape index (κ2) is 31.9. The van der Waals surface area contributed by atoms with Crippen LogP contribution < -0.4 is 15.4 Å². The Morgan fingerprint density at radius 3 is 1.72 bits per heavy atom. The molecule has 35 nitrogen and oxygen atoms in total. The summed E-state index contributed by atoms with van der Waals surface area (Å²) in [5, 5.41) is 31.2. The van der Waals surface area contributed by atoms with Crippen LogP contribution in [0.1, 0.15) is 51.3 Å². The summed E-state index contributed by atoms with van der Waals surface area (Å²) in [5.41, 5.74) is 1.00. The van der Waals surface area contributed by atoms with Gasteiger partial charge in [-0.1, -0.05) is 19.4 Å². The van der Waals surface area contributed by atoms with E-state index in [1.807, 2.05) is 12.1 Å². The lowest BCUT2D eigenvalue weighted by molar-refractivity contribution is -0.122. The zero-order chi connectivity index (χ0) is 57.6. The Balaban J connectivity index is 0.962. The number of ether oxygens (including phenoxy) is 6. The highest BCUT2D eigenvalue weighted by Crippen LogP contribution is 2.75. The number of carbonyl (C=O) groups is 2. The summed E-state index contributed by atoms with van der Waals surface area (Å²) in [6.45, 7) is 8.28. The molecule has 4 rings (SSSR count). The highest BCUT2D eigenvalue weighted by Gasteiger charge is 2.50. The number of carbonyl (C=O) groups excluding carboxylic acids is 2. The number of phosphoric acid groups is 6. The third-order valence-electron chi connectivity index (χ3n) is 9.63. The van der Waals surface area contributed by atoms with Crippen molar-refractivity contribution in [2.24, 2.45) is 0 Å². The summed E-state index contributed by atoms with van der Waals surface area (Å²) in [4.78, 5) is 84.0. The number of hydrogen-bond donors (Lipinski definition) is 9. The first kappa shape index (κ1) is 67.3. The lowest BCUT2D eigenvalue weighted by Gasteiger charge is -2.32. The quantitative estimate of drug-likeness (QED) is 0.0343. The lowest BCUT2D eigenvalue weighted by Crippen LogP contribution is -2.42. The number of aryl methyl sites for hydroxylation is 1. The third-order valence-corrected chi connectivity index (χ3v) is 18.9. The van der Waals surface area contributed by atoms with Crippen LogP contribution in [-0.4, -0.2) is 169 Å². The Morgan fingerprint density at radius 2 is 1.17 bits per heavy atom. The molecule has 0 bridgehead atoms. The van der Waals surface area contributed by atoms with Gasteiger partial charge in [0.15, 0.2) is 5.82 Å². The molecule has 9 N–H and O–H groups in total. The molecule has 1 aromatic carbocycles. The highest BCUT2D eigenvalue weighted by atomic mass is 31.3. The molecule has 1 aromatic heterocycles. The van der Waals surface area contributed by atoms with Crippen LogP contribution in [0, 0.1) is 6.92 Å². The number of amides is 2. The van der Waals surface area contributed by atoms with Crippen LogP contribution in [0.15, 0.2) is 48.4 Å². The second-order valence-corrected chi connectivity index (χ2v) is 25.4. The van der Waals surface area contributed by atoms with Gasteiger partial charge in [-0.25, -0.2) is 27.4 Å². The summed E-state index contributed by atoms with van der Waals surface area (Å²) < 4.78 is 134. The number of hydrogen-bond acceptors (Lipinski definition) is 27. The van der Waals surface area contributed by atoms with Gasteiger partial charge in [0.05, 0.1) is 72.2 Å². The molecule has 3 heterocycles. The molecule has 1 fully saturated rings. The molecule has 0 radical (unpaired) electrons. The molecule has 2 aliphatic heterocycles. The summed E-state index contributed by atoms with van der Waals surface area (Å²) in [6.07, 6.45) is -1.19. The monoisotopic (exact) mass is 1240 g/mol. The van der Waals surface area contributed by atoms with Gasteiger partial charge in [-0.3, -0.25) is 18.6 Å². The summed E-state index contributed by atoms with van der Waals surface area (Å²) in [5.74, 6) is 0.888. The van der Waals surface area contributed by atoms with Crippen molar-refractivity contribution in [1.82, 2.24) is 35.9 Å². The van der Waals surface area contributed by atoms with E-state index in [2.05, 4.69) is 68.2 Å². The third kappa shape index (κ3) is 26.6. The molecule has 1 saturated heterocycles. The van der Waals surface area contributed by atoms with Crippen LogP contribution in [0.5, 0.6) is 5.75 Å². The largest absolute Gasteiger partial charge is 0.491 e. The van der Waals surface area contributed by atoms with Crippen molar-refractivity contribution in [2.75, 3.05) is 79.2 Å². The van der Waals surface area contributed by atoms with Crippen molar-refractivity contribution >= 4 is 58.8 Å². The number of nitrogens with zero attached hydrogens (tertiary/aromatic N) is 5. The SMILES string of the molecule is C=C1NC(=O)C(C)=CN1[C@H]1C[C@@H](O)[C@@H](COP(=O)(O)OP(=O)(O)OP(=O)(O)OP(=O)(O)OP(=O)(O)OP(=O)(O)OCCCCCCNC(=O)CCOCCOCCOCCOCCOc2ccc(-c3nnc(C)nn3)cc2)O1. The molecule has 0 spiro atoms. The first-order chi connectivity index (χ1) is 36.5. The van der Waals surface area contributed by atoms with Gasteiger partial charge in [0.25, 0.3) is 5.91 Å². The van der Waals surface area contributed by atoms with Crippen molar-refractivity contribution in [3.05, 3.63) is 54.3 Å². The van der Waals surface area contributed by atoms with E-state index in [0.29, 0.717) is 76.3 Å². The van der Waals surface area contributed by atoms with Crippen molar-refractivity contribution in [2.45, 2.75) is 70.8 Å². The van der Waals surface area contributed by atoms with Gasteiger partial charge in [-0.05, 0) is 51.0 Å². The number of nitrogens with one attached hydrogen (secondary N) is 2. The summed E-state index contributed by atoms with van der Waals surface area (Å²) >= 11 is 0. The maximum absolute atomic E-state index is 12.4. The zero-order valence-electron chi connectivity index (χ0n) is 41.7. The Kier molecular flexibility index (Phi) is 27.5. The minimum absolute atomic E-state index is 0.0552. The first-order valence-electron chi connectivity index (χ1n) is 23.0. The molecule has 78 heavy (non-hydrogen) atoms. The van der Waals surface area contributed by atoms with Crippen LogP contribution >= 0.6 is 46.9 Å². The molecule has 2 amide bonds. The average molecular weight is 1240 g/mol. The van der Waals surface area contributed by atoms with Crippen LogP contribution in [0.4, 0.5) is 0 Å². The van der Waals surface area contributed by atoms with Crippen molar-refractivity contribution < 1.29 is 130 Å². The predicted octanol–water partition coefficient (Wildman–Crippen LogP) is 2.76. The van der Waals surface area contributed by atoms with Crippen LogP contribution in [0.25, 0.3) is 11.4 Å². The summed E-state index contributed by atoms with van der Waals surface area (Å²) in [7, 11) is -36.9. The number of unbranched alkanes of at least 4 members (excludes halogenated alkanes) is 3. The summed E-state index contributed by atoms with van der Waals surface area (Å²) in [6, 6.07) is 7.20. The zero-order valence-corrected chi connectivity index (χ0v) is 47.0. The average Bonchev–Trinajstić information content (AvgIpc) is 3.69. The fourth-order valence-corrected chi connectivity index (χ4v) is 14.0. The van der Waals surface area contributed by atoms with E-state index < -0.39 is 84.5 Å². The van der Waals surface area contributed by atoms with Gasteiger partial charge in [0.1, 0.15) is 30.5 Å². The van der Waals surface area contributed by atoms with Gasteiger partial charge < -0.3 is 78.4 Å². The molecule has 442 valence electrons. The van der Waals surface area contributed by atoms with E-state index in [1.165, 1.54) is 18.0 Å². The molecule has 9 atom stereocenters. The van der Waals surface area contributed by atoms with Gasteiger partial charge in [0, 0.05) is 36.7 Å². The van der Waals surface area contributed by atoms with Crippen molar-refractivity contribution in [3.63, 3.8) is 0 Å². The second-order valence-electron chi connectivity index (χ2n) is 16.0. The highest BCUT2D eigenvalue weighted by molar-refractivity contribution is 7.72. The maximum atomic E-state index is 12.4. The number of rotatable bonds is 39. The number of benzene rings is 1. The molecular weight excluding hydrogens is 1180 g/mol. The number of phosphoric ester groups is 2. The van der Waals surface area contributed by atoms with Crippen molar-refractivity contribution in [1.29, 1.82) is 0 Å². The van der Waals surface area contributed by atoms with Crippen LogP contribution in [0.3, 0.4) is 0 Å². The predicted molar refractivity (Wildman–Crippen MR) is 261 cm³/mol. The molecule has 2 aliphatic rings. The molecular formula is C37H61N7O28P6. The van der Waals surface area contributed by atoms with E-state index >= 15 is 0 Å². The van der Waals surface area contributed by atoms with Crippen LogP contribution in [-0.2, 0) is 91.3 Å². The lowest BCUT2D eigenvalue weighted by atomic mass is 10.1. The molecule has 2 aromatic rings. The van der Waals surface area contributed by atoms with E-state index in [0.717, 1.165) is 5.56 Å². The minimum atomic E-state index is -6.49. The van der Waals surface area contributed by atoms with E-state index in [1.54, 1.807) is 19.1 Å². The van der Waals surface area contributed by atoms with Gasteiger partial charge in [0.2, 0.25) is 11.7 Å². The van der Waals surface area contributed by atoms with Crippen LogP contribution in [0.2, 0.25) is 0 Å². The minimum Gasteiger partial charge on any atom is -0.491 e. The van der Waals surface area contributed by atoms with E-state index in [-0.39, 0.29) is 62.9 Å². The Bertz CT molecular complexity index is 2610. The Morgan fingerprint density at radius 1 is 0.679 bits per heavy atom. The fourth-order valence-electron chi connectivity index (χ4n) is 6.18. The number of aliphatic hydroxyl groups excluding tert-OH is 1. The van der Waals surface area contributed by atoms with E-state index in [4.69, 9.17) is 28.4 Å². The normalized spacial score (nSPS) is 21.5. The fraction of sp³-hybridized carbons (Fsp3) is 0.622. The topological polar surface area (TPSA) is 477 Å². The molecule has 41 heteroatoms.